The molecular weight excluding hydrogens is 260 g/mol. The molecule has 2 aromatic rings. The summed E-state index contributed by atoms with van der Waals surface area (Å²) in [6.07, 6.45) is 0.111. The Morgan fingerprint density at radius 3 is 3.16 bits per heavy atom. The number of nitrogens with zero attached hydrogens (tertiary/aromatic N) is 1. The number of nitrogens with one attached hydrogen (secondary N) is 1. The Kier molecular flexibility index (Phi) is 3.77. The van der Waals surface area contributed by atoms with E-state index in [4.69, 9.17) is 9.47 Å². The lowest BCUT2D eigenvalue weighted by atomic mass is 10.1. The standard InChI is InChI=1S/C14H16N2O2S/c1-10-14(19-9-16-10)18-12-4-2-3-11(7-12)13-8-15-5-6-17-13/h2-4,7,9,13,15H,5-6,8H2,1H3/t13-/m0/s1. The molecule has 2 heterocycles. The average molecular weight is 276 g/mol. The van der Waals surface area contributed by atoms with Gasteiger partial charge in [-0.2, -0.15) is 0 Å². The smallest absolute Gasteiger partial charge is 0.203 e. The van der Waals surface area contributed by atoms with Crippen LogP contribution in [-0.2, 0) is 4.74 Å². The van der Waals surface area contributed by atoms with Gasteiger partial charge in [0, 0.05) is 13.1 Å². The monoisotopic (exact) mass is 276 g/mol. The first kappa shape index (κ1) is 12.6. The minimum atomic E-state index is 0.111. The number of hydrogen-bond acceptors (Lipinski definition) is 5. The molecule has 4 nitrogen and oxygen atoms in total. The van der Waals surface area contributed by atoms with E-state index in [0.29, 0.717) is 0 Å². The first-order valence-electron chi connectivity index (χ1n) is 6.33. The number of aromatic nitrogens is 1. The average Bonchev–Trinajstić information content (AvgIpc) is 2.86. The maximum atomic E-state index is 5.86. The Morgan fingerprint density at radius 1 is 1.47 bits per heavy atom. The third kappa shape index (κ3) is 2.94. The van der Waals surface area contributed by atoms with Crippen LogP contribution in [0.15, 0.2) is 29.8 Å². The van der Waals surface area contributed by atoms with Crippen molar-refractivity contribution in [2.75, 3.05) is 19.7 Å². The molecular formula is C14H16N2O2S. The Hall–Kier alpha value is -1.43. The van der Waals surface area contributed by atoms with Gasteiger partial charge in [0.1, 0.15) is 5.75 Å². The van der Waals surface area contributed by atoms with Crippen LogP contribution in [-0.4, -0.2) is 24.7 Å². The summed E-state index contributed by atoms with van der Waals surface area (Å²) in [5.41, 5.74) is 3.86. The Bertz CT molecular complexity index is 550. The van der Waals surface area contributed by atoms with Crippen molar-refractivity contribution in [2.45, 2.75) is 13.0 Å². The van der Waals surface area contributed by atoms with Crippen LogP contribution < -0.4 is 10.1 Å². The second kappa shape index (κ2) is 5.69. The Balaban J connectivity index is 1.77. The van der Waals surface area contributed by atoms with Crippen molar-refractivity contribution in [3.05, 3.63) is 41.0 Å². The van der Waals surface area contributed by atoms with Gasteiger partial charge < -0.3 is 14.8 Å². The van der Waals surface area contributed by atoms with Crippen molar-refractivity contribution in [2.24, 2.45) is 0 Å². The van der Waals surface area contributed by atoms with Crippen molar-refractivity contribution in [1.82, 2.24) is 10.3 Å². The molecule has 1 aliphatic rings. The van der Waals surface area contributed by atoms with E-state index in [1.54, 1.807) is 5.51 Å². The highest BCUT2D eigenvalue weighted by Gasteiger charge is 2.16. The third-order valence-corrected chi connectivity index (χ3v) is 3.87. The predicted octanol–water partition coefficient (Wildman–Crippen LogP) is 2.90. The fourth-order valence-corrected chi connectivity index (χ4v) is 2.73. The minimum Gasteiger partial charge on any atom is -0.445 e. The van der Waals surface area contributed by atoms with Gasteiger partial charge in [-0.3, -0.25) is 0 Å². The van der Waals surface area contributed by atoms with Crippen LogP contribution in [0, 0.1) is 6.92 Å². The molecule has 3 rings (SSSR count). The molecule has 1 N–H and O–H groups in total. The lowest BCUT2D eigenvalue weighted by molar-refractivity contribution is 0.0276. The van der Waals surface area contributed by atoms with Crippen molar-refractivity contribution >= 4 is 11.3 Å². The molecule has 1 atom stereocenters. The molecule has 0 radical (unpaired) electrons. The van der Waals surface area contributed by atoms with Crippen LogP contribution in [0.5, 0.6) is 10.8 Å². The molecule has 1 aromatic carbocycles. The van der Waals surface area contributed by atoms with Crippen LogP contribution >= 0.6 is 11.3 Å². The summed E-state index contributed by atoms with van der Waals surface area (Å²) in [5.74, 6) is 0.832. The van der Waals surface area contributed by atoms with Gasteiger partial charge in [-0.1, -0.05) is 23.5 Å². The molecule has 1 saturated heterocycles. The van der Waals surface area contributed by atoms with Crippen molar-refractivity contribution in [3.63, 3.8) is 0 Å². The zero-order valence-corrected chi connectivity index (χ0v) is 11.6. The summed E-state index contributed by atoms with van der Waals surface area (Å²) in [6, 6.07) is 8.07. The van der Waals surface area contributed by atoms with Crippen LogP contribution in [0.25, 0.3) is 0 Å². The van der Waals surface area contributed by atoms with E-state index in [2.05, 4.69) is 16.4 Å². The molecule has 0 amide bonds. The number of rotatable bonds is 3. The molecule has 0 saturated carbocycles. The fraction of sp³-hybridized carbons (Fsp3) is 0.357. The summed E-state index contributed by atoms with van der Waals surface area (Å²) < 4.78 is 11.6. The van der Waals surface area contributed by atoms with Gasteiger partial charge in [-0.15, -0.1) is 0 Å². The lowest BCUT2D eigenvalue weighted by Crippen LogP contribution is -2.33. The zero-order chi connectivity index (χ0) is 13.1. The predicted molar refractivity (Wildman–Crippen MR) is 74.9 cm³/mol. The number of benzene rings is 1. The molecule has 0 spiro atoms. The topological polar surface area (TPSA) is 43.4 Å². The van der Waals surface area contributed by atoms with E-state index < -0.39 is 0 Å². The van der Waals surface area contributed by atoms with Crippen LogP contribution in [0.4, 0.5) is 0 Å². The fourth-order valence-electron chi connectivity index (χ4n) is 2.05. The van der Waals surface area contributed by atoms with Crippen LogP contribution in [0.2, 0.25) is 0 Å². The summed E-state index contributed by atoms with van der Waals surface area (Å²) in [7, 11) is 0. The van der Waals surface area contributed by atoms with E-state index in [9.17, 15) is 0 Å². The summed E-state index contributed by atoms with van der Waals surface area (Å²) >= 11 is 1.51. The first-order chi connectivity index (χ1) is 9.33. The molecule has 5 heteroatoms. The summed E-state index contributed by atoms with van der Waals surface area (Å²) in [4.78, 5) is 4.18. The van der Waals surface area contributed by atoms with Crippen LogP contribution in [0.3, 0.4) is 0 Å². The summed E-state index contributed by atoms with van der Waals surface area (Å²) in [5, 5.41) is 4.18. The lowest BCUT2D eigenvalue weighted by Gasteiger charge is -2.24. The molecule has 1 fully saturated rings. The van der Waals surface area contributed by atoms with E-state index in [-0.39, 0.29) is 6.10 Å². The quantitative estimate of drug-likeness (QED) is 0.936. The van der Waals surface area contributed by atoms with Gasteiger partial charge in [0.05, 0.1) is 23.9 Å². The molecule has 0 unspecified atom stereocenters. The van der Waals surface area contributed by atoms with Gasteiger partial charge in [-0.25, -0.2) is 4.98 Å². The zero-order valence-electron chi connectivity index (χ0n) is 10.8. The van der Waals surface area contributed by atoms with E-state index in [0.717, 1.165) is 41.8 Å². The van der Waals surface area contributed by atoms with Crippen molar-refractivity contribution < 1.29 is 9.47 Å². The van der Waals surface area contributed by atoms with E-state index in [1.165, 1.54) is 11.3 Å². The Morgan fingerprint density at radius 2 is 2.42 bits per heavy atom. The minimum absolute atomic E-state index is 0.111. The highest BCUT2D eigenvalue weighted by atomic mass is 32.1. The van der Waals surface area contributed by atoms with Gasteiger partial charge >= 0.3 is 0 Å². The molecule has 0 bridgehead atoms. The maximum absolute atomic E-state index is 5.86. The molecule has 1 aromatic heterocycles. The molecule has 19 heavy (non-hydrogen) atoms. The molecule has 1 aliphatic heterocycles. The normalized spacial score (nSPS) is 19.3. The largest absolute Gasteiger partial charge is 0.445 e. The van der Waals surface area contributed by atoms with Gasteiger partial charge in [0.2, 0.25) is 5.06 Å². The van der Waals surface area contributed by atoms with Crippen molar-refractivity contribution in [3.8, 4) is 10.8 Å². The molecule has 100 valence electrons. The molecule has 0 aliphatic carbocycles. The number of ether oxygens (including phenoxy) is 2. The second-order valence-electron chi connectivity index (χ2n) is 4.46. The van der Waals surface area contributed by atoms with E-state index in [1.807, 2.05) is 25.1 Å². The highest BCUT2D eigenvalue weighted by molar-refractivity contribution is 7.11. The maximum Gasteiger partial charge on any atom is 0.203 e. The first-order valence-corrected chi connectivity index (χ1v) is 7.21. The van der Waals surface area contributed by atoms with Crippen molar-refractivity contribution in [1.29, 1.82) is 0 Å². The number of morpholine rings is 1. The van der Waals surface area contributed by atoms with Crippen LogP contribution in [0.1, 0.15) is 17.4 Å². The van der Waals surface area contributed by atoms with Gasteiger partial charge in [-0.05, 0) is 24.6 Å². The number of hydrogen-bond donors (Lipinski definition) is 1. The SMILES string of the molecule is Cc1ncsc1Oc1cccc([C@@H]2CNCCO2)c1. The summed E-state index contributed by atoms with van der Waals surface area (Å²) in [6.45, 7) is 4.48. The van der Waals surface area contributed by atoms with Gasteiger partial charge in [0.15, 0.2) is 0 Å². The Labute approximate surface area is 116 Å². The second-order valence-corrected chi connectivity index (χ2v) is 5.28. The van der Waals surface area contributed by atoms with Gasteiger partial charge in [0.25, 0.3) is 0 Å². The highest BCUT2D eigenvalue weighted by Crippen LogP contribution is 2.30. The van der Waals surface area contributed by atoms with E-state index >= 15 is 0 Å². The number of aryl methyl sites for hydroxylation is 1. The third-order valence-electron chi connectivity index (χ3n) is 3.07. The number of thiazole rings is 1.